The smallest absolute Gasteiger partial charge is 0.310 e. The van der Waals surface area contributed by atoms with Gasteiger partial charge in [0, 0.05) is 0 Å². The first-order valence-electron chi connectivity index (χ1n) is 12.0. The third-order valence-electron chi connectivity index (χ3n) is 6.16. The largest absolute Gasteiger partial charge is 0.465 e. The Morgan fingerprint density at radius 1 is 1.00 bits per heavy atom. The van der Waals surface area contributed by atoms with Crippen molar-refractivity contribution in [3.05, 3.63) is 23.3 Å². The van der Waals surface area contributed by atoms with Crippen LogP contribution >= 0.6 is 0 Å². The molecule has 0 amide bonds. The van der Waals surface area contributed by atoms with Crippen LogP contribution < -0.4 is 0 Å². The molecule has 0 bridgehead atoms. The molecule has 1 rings (SSSR count). The Bertz CT molecular complexity index is 649. The van der Waals surface area contributed by atoms with Crippen molar-refractivity contribution in [1.82, 2.24) is 0 Å². The Labute approximate surface area is 190 Å². The van der Waals surface area contributed by atoms with Gasteiger partial charge in [-0.15, -0.1) is 0 Å². The van der Waals surface area contributed by atoms with Crippen LogP contribution in [0.2, 0.25) is 0 Å². The Hall–Kier alpha value is -1.58. The van der Waals surface area contributed by atoms with Crippen LogP contribution in [0.5, 0.6) is 0 Å². The highest BCUT2D eigenvalue weighted by Gasteiger charge is 2.39. The van der Waals surface area contributed by atoms with Crippen molar-refractivity contribution < 1.29 is 19.1 Å². The normalized spacial score (nSPS) is 21.1. The molecule has 0 saturated carbocycles. The molecule has 0 aromatic heterocycles. The van der Waals surface area contributed by atoms with Crippen LogP contribution in [0.15, 0.2) is 23.3 Å². The first-order valence-corrected chi connectivity index (χ1v) is 12.0. The van der Waals surface area contributed by atoms with E-state index in [-0.39, 0.29) is 29.2 Å². The molecule has 1 aliphatic carbocycles. The molecular formula is C27H46O4. The van der Waals surface area contributed by atoms with E-state index in [1.54, 1.807) is 0 Å². The molecule has 3 unspecified atom stereocenters. The third-order valence-corrected chi connectivity index (χ3v) is 6.16. The minimum absolute atomic E-state index is 0.197. The molecular weight excluding hydrogens is 388 g/mol. The van der Waals surface area contributed by atoms with Gasteiger partial charge < -0.3 is 9.47 Å². The zero-order valence-corrected chi connectivity index (χ0v) is 21.4. The summed E-state index contributed by atoms with van der Waals surface area (Å²) in [6.07, 6.45) is 7.69. The van der Waals surface area contributed by atoms with Crippen molar-refractivity contribution in [1.29, 1.82) is 0 Å². The quantitative estimate of drug-likeness (QED) is 0.282. The molecule has 178 valence electrons. The van der Waals surface area contributed by atoms with Crippen molar-refractivity contribution >= 4 is 11.9 Å². The number of carbonyl (C=O) groups is 2. The lowest BCUT2D eigenvalue weighted by Crippen LogP contribution is -2.36. The molecule has 0 spiro atoms. The van der Waals surface area contributed by atoms with E-state index in [2.05, 4.69) is 46.8 Å². The van der Waals surface area contributed by atoms with E-state index in [0.717, 1.165) is 12.8 Å². The molecule has 1 aliphatic rings. The van der Waals surface area contributed by atoms with Gasteiger partial charge in [-0.05, 0) is 55.8 Å². The summed E-state index contributed by atoms with van der Waals surface area (Å²) in [6, 6.07) is 0. The molecule has 0 aliphatic heterocycles. The number of allylic oxidation sites excluding steroid dienone is 4. The highest BCUT2D eigenvalue weighted by atomic mass is 16.5. The minimum atomic E-state index is -0.451. The fraction of sp³-hybridized carbons (Fsp3) is 0.778. The van der Waals surface area contributed by atoms with E-state index in [4.69, 9.17) is 9.47 Å². The Balaban J connectivity index is 2.87. The van der Waals surface area contributed by atoms with Crippen LogP contribution in [0.25, 0.3) is 0 Å². The lowest BCUT2D eigenvalue weighted by molar-refractivity contribution is -0.162. The van der Waals surface area contributed by atoms with Gasteiger partial charge in [-0.2, -0.15) is 0 Å². The maximum atomic E-state index is 12.9. The van der Waals surface area contributed by atoms with Gasteiger partial charge in [0.15, 0.2) is 0 Å². The van der Waals surface area contributed by atoms with Gasteiger partial charge >= 0.3 is 11.9 Å². The van der Waals surface area contributed by atoms with Crippen molar-refractivity contribution in [3.63, 3.8) is 0 Å². The van der Waals surface area contributed by atoms with E-state index >= 15 is 0 Å². The third kappa shape index (κ3) is 9.62. The number of carbonyl (C=O) groups excluding carboxylic acids is 2. The molecule has 0 heterocycles. The summed E-state index contributed by atoms with van der Waals surface area (Å²) in [5, 5.41) is 0. The number of esters is 2. The second-order valence-electron chi connectivity index (χ2n) is 11.1. The molecule has 4 nitrogen and oxygen atoms in total. The van der Waals surface area contributed by atoms with E-state index in [1.165, 1.54) is 11.1 Å². The van der Waals surface area contributed by atoms with Gasteiger partial charge in [0.2, 0.25) is 0 Å². The first-order chi connectivity index (χ1) is 14.3. The second kappa shape index (κ2) is 12.5. The van der Waals surface area contributed by atoms with Gasteiger partial charge in [0.1, 0.15) is 0 Å². The first kappa shape index (κ1) is 27.5. The minimum Gasteiger partial charge on any atom is -0.465 e. The molecule has 0 N–H and O–H groups in total. The average molecular weight is 435 g/mol. The zero-order valence-electron chi connectivity index (χ0n) is 21.4. The maximum absolute atomic E-state index is 12.9. The van der Waals surface area contributed by atoms with Gasteiger partial charge in [-0.1, -0.05) is 78.7 Å². The average Bonchev–Trinajstić information content (AvgIpc) is 2.68. The summed E-state index contributed by atoms with van der Waals surface area (Å²) in [4.78, 5) is 25.6. The molecule has 31 heavy (non-hydrogen) atoms. The van der Waals surface area contributed by atoms with Gasteiger partial charge in [0.05, 0.1) is 25.0 Å². The molecule has 0 saturated heterocycles. The Kier molecular flexibility index (Phi) is 11.0. The van der Waals surface area contributed by atoms with E-state index in [1.807, 2.05) is 27.7 Å². The van der Waals surface area contributed by atoms with Crippen LogP contribution in [-0.4, -0.2) is 25.2 Å². The van der Waals surface area contributed by atoms with Crippen molar-refractivity contribution in [2.75, 3.05) is 13.2 Å². The maximum Gasteiger partial charge on any atom is 0.310 e. The number of rotatable bonds is 10. The van der Waals surface area contributed by atoms with Crippen LogP contribution in [-0.2, 0) is 19.1 Å². The molecule has 3 atom stereocenters. The monoisotopic (exact) mass is 434 g/mol. The van der Waals surface area contributed by atoms with Crippen LogP contribution in [0, 0.1) is 35.0 Å². The van der Waals surface area contributed by atoms with Crippen molar-refractivity contribution in [2.24, 2.45) is 35.0 Å². The fourth-order valence-electron chi connectivity index (χ4n) is 3.59. The summed E-state index contributed by atoms with van der Waals surface area (Å²) in [5.41, 5.74) is 2.86. The number of hydrogen-bond donors (Lipinski definition) is 0. The van der Waals surface area contributed by atoms with E-state index < -0.39 is 11.8 Å². The molecule has 0 radical (unpaired) electrons. The van der Waals surface area contributed by atoms with Crippen LogP contribution in [0.3, 0.4) is 0 Å². The van der Waals surface area contributed by atoms with Gasteiger partial charge in [0.25, 0.3) is 0 Å². The molecule has 4 heteroatoms. The summed E-state index contributed by atoms with van der Waals surface area (Å²) in [7, 11) is 0. The van der Waals surface area contributed by atoms with E-state index in [0.29, 0.717) is 32.0 Å². The lowest BCUT2D eigenvalue weighted by atomic mass is 9.75. The SMILES string of the molecule is C/C(=C\CCC(C)C1=CCC(C(=O)OCC(C)C)C(C(=O)OCC(C)C)C1)C(C)(C)C. The zero-order chi connectivity index (χ0) is 23.8. The standard InChI is InChI=1S/C27H46O4/c1-18(2)16-30-25(28)23-14-13-22(15-24(23)26(29)31-17-19(3)4)20(5)11-10-12-21(6)27(7,8)9/h12-13,18-20,23-24H,10-11,14-17H2,1-9H3/b21-12+. The highest BCUT2D eigenvalue weighted by molar-refractivity contribution is 5.83. The number of ether oxygens (including phenoxy) is 2. The predicted molar refractivity (Wildman–Crippen MR) is 128 cm³/mol. The summed E-state index contributed by atoms with van der Waals surface area (Å²) >= 11 is 0. The van der Waals surface area contributed by atoms with Gasteiger partial charge in [-0.25, -0.2) is 0 Å². The molecule has 0 aromatic rings. The highest BCUT2D eigenvalue weighted by Crippen LogP contribution is 2.36. The summed E-state index contributed by atoms with van der Waals surface area (Å²) < 4.78 is 11.0. The number of hydrogen-bond acceptors (Lipinski definition) is 4. The summed E-state index contributed by atoms with van der Waals surface area (Å²) in [6.45, 7) is 19.9. The molecule has 0 fully saturated rings. The van der Waals surface area contributed by atoms with E-state index in [9.17, 15) is 9.59 Å². The topological polar surface area (TPSA) is 52.6 Å². The molecule has 0 aromatic carbocycles. The second-order valence-corrected chi connectivity index (χ2v) is 11.1. The van der Waals surface area contributed by atoms with Crippen molar-refractivity contribution in [2.45, 2.75) is 88.0 Å². The lowest BCUT2D eigenvalue weighted by Gasteiger charge is -2.31. The van der Waals surface area contributed by atoms with Gasteiger partial charge in [-0.3, -0.25) is 9.59 Å². The Morgan fingerprint density at radius 2 is 1.52 bits per heavy atom. The Morgan fingerprint density at radius 3 is 2.00 bits per heavy atom. The predicted octanol–water partition coefficient (Wildman–Crippen LogP) is 6.75. The van der Waals surface area contributed by atoms with Crippen LogP contribution in [0.4, 0.5) is 0 Å². The fourth-order valence-corrected chi connectivity index (χ4v) is 3.59. The van der Waals surface area contributed by atoms with Crippen LogP contribution in [0.1, 0.15) is 88.0 Å². The van der Waals surface area contributed by atoms with Crippen molar-refractivity contribution in [3.8, 4) is 0 Å². The summed E-state index contributed by atoms with van der Waals surface area (Å²) in [5.74, 6) is -0.518.